The lowest BCUT2D eigenvalue weighted by Gasteiger charge is -2.41. The molecule has 0 aromatic rings. The summed E-state index contributed by atoms with van der Waals surface area (Å²) in [6.45, 7) is 1.17. The number of hydrogen-bond acceptors (Lipinski definition) is 6. The van der Waals surface area contributed by atoms with Crippen LogP contribution in [0.5, 0.6) is 0 Å². The Morgan fingerprint density at radius 1 is 1.28 bits per heavy atom. The fourth-order valence-corrected chi connectivity index (χ4v) is 2.50. The van der Waals surface area contributed by atoms with Crippen LogP contribution in [0.1, 0.15) is 20.8 Å². The lowest BCUT2D eigenvalue weighted by molar-refractivity contribution is -0.288. The van der Waals surface area contributed by atoms with Crippen LogP contribution in [-0.4, -0.2) is 44.9 Å². The Kier molecular flexibility index (Phi) is 5.74. The Labute approximate surface area is 138 Å². The van der Waals surface area contributed by atoms with E-state index in [2.05, 4.69) is 13.7 Å². The number of esters is 1. The lowest BCUT2D eigenvalue weighted by Crippen LogP contribution is -2.54. The van der Waals surface area contributed by atoms with Gasteiger partial charge < -0.3 is 13.7 Å². The minimum absolute atomic E-state index is 0.257. The predicted molar refractivity (Wildman–Crippen MR) is 69.3 cm³/mol. The quantitative estimate of drug-likeness (QED) is 0.313. The summed E-state index contributed by atoms with van der Waals surface area (Å²) in [6, 6.07) is 0. The molecule has 146 valence electrons. The van der Waals surface area contributed by atoms with Crippen LogP contribution < -0.4 is 0 Å². The summed E-state index contributed by atoms with van der Waals surface area (Å²) in [7, 11) is -6.30. The molecule has 0 unspecified atom stereocenters. The molecule has 25 heavy (non-hydrogen) atoms. The number of halogens is 6. The third kappa shape index (κ3) is 4.02. The molecule has 0 aliphatic carbocycles. The van der Waals surface area contributed by atoms with E-state index in [-0.39, 0.29) is 6.61 Å². The summed E-state index contributed by atoms with van der Waals surface area (Å²) in [4.78, 5) is 11.8. The first-order valence-electron chi connectivity index (χ1n) is 6.70. The Bertz CT molecular complexity index is 665. The second kappa shape index (κ2) is 6.67. The number of carbonyl (C=O) groups is 1. The van der Waals surface area contributed by atoms with E-state index >= 15 is 0 Å². The van der Waals surface area contributed by atoms with Gasteiger partial charge in [0.25, 0.3) is 0 Å². The Hall–Kier alpha value is -1.50. The average Bonchev–Trinajstić information content (AvgIpc) is 2.41. The van der Waals surface area contributed by atoms with Gasteiger partial charge >= 0.3 is 27.8 Å². The maximum Gasteiger partial charge on any atom is 0.534 e. The molecule has 1 rings (SSSR count). The van der Waals surface area contributed by atoms with Crippen LogP contribution >= 0.6 is 0 Å². The molecule has 2 atom stereocenters. The molecule has 0 fully saturated rings. The Morgan fingerprint density at radius 2 is 1.80 bits per heavy atom. The van der Waals surface area contributed by atoms with Gasteiger partial charge in [0.05, 0.1) is 19.1 Å². The molecular formula is C12H14F6O6S. The molecule has 1 aliphatic heterocycles. The molecule has 0 aromatic carbocycles. The first kappa shape index (κ1) is 21.5. The van der Waals surface area contributed by atoms with Gasteiger partial charge in [0, 0.05) is 0 Å². The topological polar surface area (TPSA) is 78.9 Å². The lowest BCUT2D eigenvalue weighted by atomic mass is 9.84. The normalized spacial score (nSPS) is 25.7. The van der Waals surface area contributed by atoms with E-state index < -0.39 is 57.2 Å². The van der Waals surface area contributed by atoms with Crippen LogP contribution in [0, 0.1) is 5.92 Å². The summed E-state index contributed by atoms with van der Waals surface area (Å²) in [5.41, 5.74) is -9.84. The molecule has 13 heteroatoms. The molecule has 6 nitrogen and oxygen atoms in total. The minimum atomic E-state index is -6.30. The third-order valence-electron chi connectivity index (χ3n) is 3.60. The van der Waals surface area contributed by atoms with Gasteiger partial charge in [-0.25, -0.2) is 4.79 Å². The van der Waals surface area contributed by atoms with E-state index in [1.807, 2.05) is 0 Å². The standard InChI is InChI=1S/C12H14F6O6S/c1-4-22-9(19)7-5-23-10(3,11(13,14)15)6(2)8(7)24-25(20,21)12(16,17)18/h6H,4-5H2,1-3H3/t6-,10-/m1/s1. The molecule has 0 saturated carbocycles. The third-order valence-corrected chi connectivity index (χ3v) is 4.57. The monoisotopic (exact) mass is 400 g/mol. The predicted octanol–water partition coefficient (Wildman–Crippen LogP) is 2.66. The van der Waals surface area contributed by atoms with E-state index in [0.717, 1.165) is 6.92 Å². The fourth-order valence-electron chi connectivity index (χ4n) is 1.92. The number of carbonyl (C=O) groups excluding carboxylic acids is 1. The van der Waals surface area contributed by atoms with Gasteiger partial charge in [-0.3, -0.25) is 0 Å². The van der Waals surface area contributed by atoms with Crippen LogP contribution in [0.3, 0.4) is 0 Å². The number of rotatable bonds is 4. The summed E-state index contributed by atoms with van der Waals surface area (Å²) < 4.78 is 113. The van der Waals surface area contributed by atoms with E-state index in [1.54, 1.807) is 0 Å². The highest BCUT2D eigenvalue weighted by atomic mass is 32.2. The van der Waals surface area contributed by atoms with Crippen molar-refractivity contribution in [2.45, 2.75) is 38.1 Å². The van der Waals surface area contributed by atoms with Crippen LogP contribution in [0.4, 0.5) is 26.3 Å². The molecule has 0 amide bonds. The van der Waals surface area contributed by atoms with Gasteiger partial charge in [-0.1, -0.05) is 6.92 Å². The van der Waals surface area contributed by atoms with Crippen LogP contribution in [0.2, 0.25) is 0 Å². The van der Waals surface area contributed by atoms with Gasteiger partial charge in [-0.05, 0) is 13.8 Å². The Morgan fingerprint density at radius 3 is 2.20 bits per heavy atom. The molecule has 0 bridgehead atoms. The first-order chi connectivity index (χ1) is 11.1. The van der Waals surface area contributed by atoms with Crippen molar-refractivity contribution in [2.75, 3.05) is 13.2 Å². The Balaban J connectivity index is 3.49. The van der Waals surface area contributed by atoms with Crippen molar-refractivity contribution in [1.29, 1.82) is 0 Å². The van der Waals surface area contributed by atoms with E-state index in [0.29, 0.717) is 6.92 Å². The zero-order valence-electron chi connectivity index (χ0n) is 13.1. The zero-order valence-corrected chi connectivity index (χ0v) is 13.9. The number of alkyl halides is 6. The van der Waals surface area contributed by atoms with E-state index in [4.69, 9.17) is 0 Å². The molecule has 1 heterocycles. The molecule has 0 saturated heterocycles. The van der Waals surface area contributed by atoms with Crippen molar-refractivity contribution in [3.05, 3.63) is 11.3 Å². The van der Waals surface area contributed by atoms with E-state index in [1.165, 1.54) is 6.92 Å². The SMILES string of the molecule is CCOC(=O)C1=C(OS(=O)(=O)C(F)(F)F)[C@@H](C)[C@](C)(C(F)(F)F)OC1. The van der Waals surface area contributed by atoms with Crippen molar-refractivity contribution in [3.8, 4) is 0 Å². The highest BCUT2D eigenvalue weighted by molar-refractivity contribution is 7.87. The fraction of sp³-hybridized carbons (Fsp3) is 0.750. The second-order valence-corrected chi connectivity index (χ2v) is 6.70. The van der Waals surface area contributed by atoms with Gasteiger partial charge in [0.2, 0.25) is 0 Å². The van der Waals surface area contributed by atoms with Gasteiger partial charge in [-0.2, -0.15) is 34.8 Å². The van der Waals surface area contributed by atoms with Gasteiger partial charge in [0.15, 0.2) is 5.60 Å². The summed E-state index contributed by atoms with van der Waals surface area (Å²) in [5.74, 6) is -4.73. The van der Waals surface area contributed by atoms with Crippen molar-refractivity contribution < 1.29 is 53.2 Å². The molecule has 0 N–H and O–H groups in total. The van der Waals surface area contributed by atoms with Crippen LogP contribution in [-0.2, 0) is 28.6 Å². The summed E-state index contributed by atoms with van der Waals surface area (Å²) in [6.07, 6.45) is -5.08. The van der Waals surface area contributed by atoms with Crippen molar-refractivity contribution in [1.82, 2.24) is 0 Å². The first-order valence-corrected chi connectivity index (χ1v) is 8.11. The van der Waals surface area contributed by atoms with E-state index in [9.17, 15) is 39.6 Å². The largest absolute Gasteiger partial charge is 0.534 e. The summed E-state index contributed by atoms with van der Waals surface area (Å²) >= 11 is 0. The zero-order chi connectivity index (χ0) is 19.8. The molecule has 1 aliphatic rings. The van der Waals surface area contributed by atoms with Crippen molar-refractivity contribution in [3.63, 3.8) is 0 Å². The maximum atomic E-state index is 13.2. The van der Waals surface area contributed by atoms with Crippen molar-refractivity contribution >= 4 is 16.1 Å². The summed E-state index contributed by atoms with van der Waals surface area (Å²) in [5, 5.41) is 0. The second-order valence-electron chi connectivity index (χ2n) is 5.16. The minimum Gasteiger partial charge on any atom is -0.462 e. The van der Waals surface area contributed by atoms with Gasteiger partial charge in [-0.15, -0.1) is 0 Å². The molecule has 0 spiro atoms. The van der Waals surface area contributed by atoms with Crippen molar-refractivity contribution in [2.24, 2.45) is 5.92 Å². The average molecular weight is 400 g/mol. The highest BCUT2D eigenvalue weighted by Gasteiger charge is 2.61. The van der Waals surface area contributed by atoms with Gasteiger partial charge in [0.1, 0.15) is 11.3 Å². The molecule has 0 aromatic heterocycles. The maximum absolute atomic E-state index is 13.2. The van der Waals surface area contributed by atoms with Crippen LogP contribution in [0.15, 0.2) is 11.3 Å². The number of hydrogen-bond donors (Lipinski definition) is 0. The number of ether oxygens (including phenoxy) is 2. The molecule has 0 radical (unpaired) electrons. The molecular weight excluding hydrogens is 386 g/mol. The smallest absolute Gasteiger partial charge is 0.462 e. The van der Waals surface area contributed by atoms with Crippen LogP contribution in [0.25, 0.3) is 0 Å². The highest BCUT2D eigenvalue weighted by Crippen LogP contribution is 2.47.